The van der Waals surface area contributed by atoms with Gasteiger partial charge in [0.1, 0.15) is 30.4 Å². The van der Waals surface area contributed by atoms with E-state index in [0.717, 1.165) is 22.3 Å². The molecule has 0 saturated carbocycles. The summed E-state index contributed by atoms with van der Waals surface area (Å²) in [6, 6.07) is 12.8. The SMILES string of the molecule is Cc1nn(C)c2cc(Nc3ncnc(-c4ccc(O[C@H]5CCN(C(=O)C(C)O)C[C@H]5F)c(C#N)c4)n3)ccc12. The van der Waals surface area contributed by atoms with Crippen molar-refractivity contribution >= 4 is 28.4 Å². The van der Waals surface area contributed by atoms with Crippen LogP contribution in [0.1, 0.15) is 24.6 Å². The van der Waals surface area contributed by atoms with Gasteiger partial charge in [-0.3, -0.25) is 9.48 Å². The van der Waals surface area contributed by atoms with Gasteiger partial charge in [0.2, 0.25) is 5.95 Å². The number of rotatable bonds is 6. The fraction of sp³-hybridized carbons (Fsp3) is 0.333. The van der Waals surface area contributed by atoms with Crippen molar-refractivity contribution in [3.05, 3.63) is 54.0 Å². The number of hydrogen-bond acceptors (Lipinski definition) is 9. The van der Waals surface area contributed by atoms with Gasteiger partial charge in [0.25, 0.3) is 5.91 Å². The average molecular weight is 531 g/mol. The van der Waals surface area contributed by atoms with E-state index in [1.807, 2.05) is 36.9 Å². The van der Waals surface area contributed by atoms with Gasteiger partial charge < -0.3 is 20.1 Å². The first kappa shape index (κ1) is 26.0. The van der Waals surface area contributed by atoms with Crippen molar-refractivity contribution in [1.29, 1.82) is 5.26 Å². The van der Waals surface area contributed by atoms with Crippen molar-refractivity contribution in [3.8, 4) is 23.2 Å². The highest BCUT2D eigenvalue weighted by atomic mass is 19.1. The summed E-state index contributed by atoms with van der Waals surface area (Å²) in [4.78, 5) is 26.2. The number of aryl methyl sites for hydroxylation is 2. The number of nitrogens with zero attached hydrogens (tertiary/aromatic N) is 7. The van der Waals surface area contributed by atoms with Crippen LogP contribution in [0.25, 0.3) is 22.3 Å². The smallest absolute Gasteiger partial charge is 0.251 e. The van der Waals surface area contributed by atoms with Crippen LogP contribution in [0.3, 0.4) is 0 Å². The van der Waals surface area contributed by atoms with Crippen LogP contribution in [0.15, 0.2) is 42.7 Å². The molecule has 5 rings (SSSR count). The first-order chi connectivity index (χ1) is 18.7. The maximum absolute atomic E-state index is 14.8. The maximum atomic E-state index is 14.8. The zero-order chi connectivity index (χ0) is 27.7. The molecule has 200 valence electrons. The average Bonchev–Trinajstić information content (AvgIpc) is 3.21. The fourth-order valence-corrected chi connectivity index (χ4v) is 4.64. The molecule has 1 aliphatic rings. The zero-order valence-corrected chi connectivity index (χ0v) is 21.7. The third-order valence-electron chi connectivity index (χ3n) is 6.65. The minimum absolute atomic E-state index is 0.178. The molecule has 1 unspecified atom stereocenters. The number of piperidine rings is 1. The largest absolute Gasteiger partial charge is 0.486 e. The number of ether oxygens (including phenoxy) is 1. The highest BCUT2D eigenvalue weighted by Crippen LogP contribution is 2.29. The van der Waals surface area contributed by atoms with E-state index in [0.29, 0.717) is 17.3 Å². The van der Waals surface area contributed by atoms with Gasteiger partial charge in [-0.15, -0.1) is 0 Å². The molecule has 1 amide bonds. The fourth-order valence-electron chi connectivity index (χ4n) is 4.64. The summed E-state index contributed by atoms with van der Waals surface area (Å²) >= 11 is 0. The van der Waals surface area contributed by atoms with Crippen LogP contribution in [0, 0.1) is 18.3 Å². The molecule has 1 aliphatic heterocycles. The number of aromatic nitrogens is 5. The molecule has 11 nitrogen and oxygen atoms in total. The lowest BCUT2D eigenvalue weighted by Gasteiger charge is -2.35. The second-order valence-corrected chi connectivity index (χ2v) is 9.44. The van der Waals surface area contributed by atoms with Crippen LogP contribution in [-0.2, 0) is 11.8 Å². The third-order valence-corrected chi connectivity index (χ3v) is 6.65. The summed E-state index contributed by atoms with van der Waals surface area (Å²) in [5.74, 6) is 0.394. The van der Waals surface area contributed by atoms with Crippen molar-refractivity contribution in [2.75, 3.05) is 18.4 Å². The zero-order valence-electron chi connectivity index (χ0n) is 21.7. The summed E-state index contributed by atoms with van der Waals surface area (Å²) in [6.45, 7) is 3.39. The summed E-state index contributed by atoms with van der Waals surface area (Å²) in [7, 11) is 1.88. The predicted octanol–water partition coefficient (Wildman–Crippen LogP) is 3.05. The van der Waals surface area contributed by atoms with Gasteiger partial charge in [-0.1, -0.05) is 0 Å². The predicted molar refractivity (Wildman–Crippen MR) is 141 cm³/mol. The topological polar surface area (TPSA) is 142 Å². The molecule has 0 bridgehead atoms. The molecule has 3 heterocycles. The molecule has 2 aromatic carbocycles. The Hall–Kier alpha value is -4.63. The Labute approximate surface area is 223 Å². The lowest BCUT2D eigenvalue weighted by molar-refractivity contribution is -0.143. The van der Waals surface area contributed by atoms with Gasteiger partial charge in [-0.05, 0) is 50.2 Å². The molecule has 0 aliphatic carbocycles. The Kier molecular flexibility index (Phi) is 7.08. The Bertz CT molecular complexity index is 1580. The lowest BCUT2D eigenvalue weighted by atomic mass is 10.0. The second-order valence-electron chi connectivity index (χ2n) is 9.44. The van der Waals surface area contributed by atoms with Gasteiger partial charge in [-0.2, -0.15) is 15.3 Å². The highest BCUT2D eigenvalue weighted by Gasteiger charge is 2.34. The molecule has 3 atom stereocenters. The number of benzene rings is 2. The van der Waals surface area contributed by atoms with E-state index in [1.54, 1.807) is 18.2 Å². The van der Waals surface area contributed by atoms with E-state index in [1.165, 1.54) is 18.2 Å². The number of carbonyl (C=O) groups is 1. The number of nitrogens with one attached hydrogen (secondary N) is 1. The Morgan fingerprint density at radius 2 is 2.10 bits per heavy atom. The normalized spacial score (nSPS) is 18.0. The number of likely N-dealkylation sites (tertiary alicyclic amines) is 1. The van der Waals surface area contributed by atoms with Gasteiger partial charge in [0.15, 0.2) is 12.0 Å². The van der Waals surface area contributed by atoms with E-state index in [9.17, 15) is 19.6 Å². The Morgan fingerprint density at radius 1 is 1.28 bits per heavy atom. The number of nitriles is 1. The summed E-state index contributed by atoms with van der Waals surface area (Å²) in [6.07, 6.45) is -1.86. The lowest BCUT2D eigenvalue weighted by Crippen LogP contribution is -2.51. The number of fused-ring (bicyclic) bond motifs is 1. The van der Waals surface area contributed by atoms with E-state index < -0.39 is 24.3 Å². The molecule has 1 saturated heterocycles. The highest BCUT2D eigenvalue weighted by molar-refractivity contribution is 5.85. The minimum atomic E-state index is -1.46. The summed E-state index contributed by atoms with van der Waals surface area (Å²) in [5, 5.41) is 27.9. The molecule has 2 aromatic heterocycles. The van der Waals surface area contributed by atoms with E-state index in [-0.39, 0.29) is 30.8 Å². The van der Waals surface area contributed by atoms with E-state index in [2.05, 4.69) is 31.4 Å². The summed E-state index contributed by atoms with van der Waals surface area (Å²) in [5.41, 5.74) is 3.47. The molecule has 0 radical (unpaired) electrons. The molecule has 2 N–H and O–H groups in total. The van der Waals surface area contributed by atoms with Crippen molar-refractivity contribution in [2.24, 2.45) is 7.05 Å². The standard InChI is InChI=1S/C27H27FN8O3/c1-15-20-6-5-19(11-22(20)35(3)34-15)32-27-31-14-30-25(33-27)17-4-7-23(18(10-17)12-29)39-24-8-9-36(13-21(24)28)26(38)16(2)37/h4-7,10-11,14,16,21,24,37H,8-9,13H2,1-3H3,(H,30,31,32,33)/t16?,21-,24+/m1/s1. The quantitative estimate of drug-likeness (QED) is 0.385. The van der Waals surface area contributed by atoms with Gasteiger partial charge >= 0.3 is 0 Å². The van der Waals surface area contributed by atoms with Crippen molar-refractivity contribution in [2.45, 2.75) is 38.6 Å². The van der Waals surface area contributed by atoms with Crippen molar-refractivity contribution in [1.82, 2.24) is 29.6 Å². The molecule has 39 heavy (non-hydrogen) atoms. The van der Waals surface area contributed by atoms with Gasteiger partial charge in [0.05, 0.1) is 23.3 Å². The van der Waals surface area contributed by atoms with Gasteiger partial charge in [0, 0.05) is 36.7 Å². The van der Waals surface area contributed by atoms with E-state index in [4.69, 9.17) is 4.74 Å². The number of aliphatic hydroxyl groups excluding tert-OH is 1. The number of carbonyl (C=O) groups excluding carboxylic acids is 1. The number of anilines is 2. The molecule has 1 fully saturated rings. The van der Waals surface area contributed by atoms with Crippen LogP contribution in [0.2, 0.25) is 0 Å². The number of halogens is 1. The number of aliphatic hydroxyl groups is 1. The Balaban J connectivity index is 1.31. The monoisotopic (exact) mass is 530 g/mol. The van der Waals surface area contributed by atoms with Crippen LogP contribution in [-0.4, -0.2) is 72.1 Å². The van der Waals surface area contributed by atoms with Crippen LogP contribution < -0.4 is 10.1 Å². The minimum Gasteiger partial charge on any atom is -0.486 e. The molecule has 12 heteroatoms. The van der Waals surface area contributed by atoms with Crippen molar-refractivity contribution in [3.63, 3.8) is 0 Å². The van der Waals surface area contributed by atoms with Crippen LogP contribution >= 0.6 is 0 Å². The number of amides is 1. The number of hydrogen-bond donors (Lipinski definition) is 2. The van der Waals surface area contributed by atoms with E-state index >= 15 is 0 Å². The van der Waals surface area contributed by atoms with Crippen LogP contribution in [0.4, 0.5) is 16.0 Å². The first-order valence-electron chi connectivity index (χ1n) is 12.4. The molecule has 0 spiro atoms. The first-order valence-corrected chi connectivity index (χ1v) is 12.4. The maximum Gasteiger partial charge on any atom is 0.251 e. The van der Waals surface area contributed by atoms with Gasteiger partial charge in [-0.25, -0.2) is 14.4 Å². The van der Waals surface area contributed by atoms with Crippen molar-refractivity contribution < 1.29 is 19.0 Å². The molecular weight excluding hydrogens is 503 g/mol. The number of alkyl halides is 1. The Morgan fingerprint density at radius 3 is 2.85 bits per heavy atom. The molecule has 4 aromatic rings. The van der Waals surface area contributed by atoms with Crippen LogP contribution in [0.5, 0.6) is 5.75 Å². The third kappa shape index (κ3) is 5.35. The summed E-state index contributed by atoms with van der Waals surface area (Å²) < 4.78 is 22.5. The molecular formula is C27H27FN8O3. The second kappa shape index (κ2) is 10.6.